The number of hydrogen-bond donors (Lipinski definition) is 1. The topological polar surface area (TPSA) is 63.6 Å². The average molecular weight is 270 g/mol. The van der Waals surface area contributed by atoms with Crippen LogP contribution >= 0.6 is 0 Å². The largest absolute Gasteiger partial charge is 0.478 e. The van der Waals surface area contributed by atoms with Crippen LogP contribution in [0.15, 0.2) is 23.1 Å². The summed E-state index contributed by atoms with van der Waals surface area (Å²) in [6.07, 6.45) is 0.680. The number of carboxylic acids is 1. The van der Waals surface area contributed by atoms with Crippen molar-refractivity contribution in [1.29, 1.82) is 0 Å². The summed E-state index contributed by atoms with van der Waals surface area (Å²) >= 11 is 0. The second-order valence-corrected chi connectivity index (χ2v) is 6.04. The second kappa shape index (κ2) is 6.66. The van der Waals surface area contributed by atoms with Crippen LogP contribution in [0.5, 0.6) is 0 Å². The van der Waals surface area contributed by atoms with Crippen molar-refractivity contribution in [3.63, 3.8) is 0 Å². The van der Waals surface area contributed by atoms with Crippen LogP contribution in [0.3, 0.4) is 0 Å². The van der Waals surface area contributed by atoms with E-state index in [4.69, 9.17) is 9.84 Å². The quantitative estimate of drug-likeness (QED) is 0.861. The van der Waals surface area contributed by atoms with Gasteiger partial charge in [0, 0.05) is 23.9 Å². The lowest BCUT2D eigenvalue weighted by Gasteiger charge is -2.12. The van der Waals surface area contributed by atoms with Gasteiger partial charge in [-0.05, 0) is 31.0 Å². The molecular formula is C13H18O4S. The van der Waals surface area contributed by atoms with Crippen LogP contribution < -0.4 is 0 Å². The summed E-state index contributed by atoms with van der Waals surface area (Å²) < 4.78 is 17.2. The molecule has 2 atom stereocenters. The fourth-order valence-corrected chi connectivity index (χ4v) is 2.79. The van der Waals surface area contributed by atoms with Gasteiger partial charge in [0.15, 0.2) is 0 Å². The minimum absolute atomic E-state index is 0.0608. The summed E-state index contributed by atoms with van der Waals surface area (Å²) in [5.41, 5.74) is 0.882. The van der Waals surface area contributed by atoms with Crippen LogP contribution in [-0.2, 0) is 15.5 Å². The highest BCUT2D eigenvalue weighted by atomic mass is 32.2. The van der Waals surface area contributed by atoms with E-state index < -0.39 is 16.8 Å². The number of ether oxygens (including phenoxy) is 1. The molecule has 1 N–H and O–H groups in total. The first-order chi connectivity index (χ1) is 8.47. The van der Waals surface area contributed by atoms with Gasteiger partial charge in [0.05, 0.1) is 16.4 Å². The lowest BCUT2D eigenvalue weighted by atomic mass is 10.1. The summed E-state index contributed by atoms with van der Waals surface area (Å²) in [5.74, 6) is -0.990. The van der Waals surface area contributed by atoms with Crippen molar-refractivity contribution in [3.8, 4) is 0 Å². The molecule has 18 heavy (non-hydrogen) atoms. The SMILES string of the molecule is COCCC(C)S(=O)c1ccc(C)c(C(=O)O)c1. The molecule has 1 rings (SSSR count). The van der Waals surface area contributed by atoms with Crippen molar-refractivity contribution in [2.75, 3.05) is 13.7 Å². The van der Waals surface area contributed by atoms with Crippen molar-refractivity contribution in [2.45, 2.75) is 30.4 Å². The Labute approximate surface area is 109 Å². The van der Waals surface area contributed by atoms with Crippen molar-refractivity contribution in [2.24, 2.45) is 0 Å². The molecule has 0 saturated carbocycles. The Hall–Kier alpha value is -1.20. The highest BCUT2D eigenvalue weighted by molar-refractivity contribution is 7.85. The Bertz CT molecular complexity index is 456. The van der Waals surface area contributed by atoms with Gasteiger partial charge in [0.25, 0.3) is 0 Å². The van der Waals surface area contributed by atoms with Gasteiger partial charge < -0.3 is 9.84 Å². The number of rotatable bonds is 6. The van der Waals surface area contributed by atoms with Crippen molar-refractivity contribution >= 4 is 16.8 Å². The molecular weight excluding hydrogens is 252 g/mol. The Morgan fingerprint density at radius 3 is 2.72 bits per heavy atom. The summed E-state index contributed by atoms with van der Waals surface area (Å²) in [4.78, 5) is 11.6. The third-order valence-electron chi connectivity index (χ3n) is 2.77. The number of hydrogen-bond acceptors (Lipinski definition) is 3. The van der Waals surface area contributed by atoms with Gasteiger partial charge in [-0.15, -0.1) is 0 Å². The van der Waals surface area contributed by atoms with Crippen molar-refractivity contribution < 1.29 is 18.8 Å². The van der Waals surface area contributed by atoms with E-state index >= 15 is 0 Å². The van der Waals surface area contributed by atoms with E-state index in [-0.39, 0.29) is 10.8 Å². The van der Waals surface area contributed by atoms with E-state index in [2.05, 4.69) is 0 Å². The Kier molecular flexibility index (Phi) is 5.50. The zero-order valence-corrected chi connectivity index (χ0v) is 11.6. The maximum absolute atomic E-state index is 12.2. The molecule has 4 nitrogen and oxygen atoms in total. The van der Waals surface area contributed by atoms with E-state index in [0.29, 0.717) is 23.5 Å². The highest BCUT2D eigenvalue weighted by Gasteiger charge is 2.16. The summed E-state index contributed by atoms with van der Waals surface area (Å²) in [7, 11) is 0.393. The van der Waals surface area contributed by atoms with Crippen molar-refractivity contribution in [1.82, 2.24) is 0 Å². The minimum Gasteiger partial charge on any atom is -0.478 e. The Balaban J connectivity index is 2.93. The molecule has 0 spiro atoms. The second-order valence-electron chi connectivity index (χ2n) is 4.17. The van der Waals surface area contributed by atoms with Gasteiger partial charge in [0.1, 0.15) is 0 Å². The van der Waals surface area contributed by atoms with Gasteiger partial charge in [-0.25, -0.2) is 4.79 Å². The molecule has 0 aliphatic rings. The van der Waals surface area contributed by atoms with Crippen LogP contribution in [-0.4, -0.2) is 34.3 Å². The van der Waals surface area contributed by atoms with Gasteiger partial charge in [-0.2, -0.15) is 0 Å². The Morgan fingerprint density at radius 2 is 2.17 bits per heavy atom. The van der Waals surface area contributed by atoms with Crippen molar-refractivity contribution in [3.05, 3.63) is 29.3 Å². The number of carboxylic acid groups (broad SMARTS) is 1. The maximum atomic E-state index is 12.2. The number of aromatic carboxylic acids is 1. The third-order valence-corrected chi connectivity index (χ3v) is 4.45. The van der Waals surface area contributed by atoms with Gasteiger partial charge in [-0.1, -0.05) is 13.0 Å². The van der Waals surface area contributed by atoms with Gasteiger partial charge >= 0.3 is 5.97 Å². The predicted octanol–water partition coefficient (Wildman–Crippen LogP) is 2.23. The zero-order chi connectivity index (χ0) is 13.7. The first-order valence-electron chi connectivity index (χ1n) is 5.70. The van der Waals surface area contributed by atoms with E-state index in [1.165, 1.54) is 6.07 Å². The molecule has 0 radical (unpaired) electrons. The molecule has 0 amide bonds. The Morgan fingerprint density at radius 1 is 1.50 bits per heavy atom. The fourth-order valence-electron chi connectivity index (χ4n) is 1.58. The molecule has 1 aromatic rings. The van der Waals surface area contributed by atoms with Crippen LogP contribution in [0, 0.1) is 6.92 Å². The maximum Gasteiger partial charge on any atom is 0.335 e. The van der Waals surface area contributed by atoms with Gasteiger partial charge in [-0.3, -0.25) is 4.21 Å². The number of aryl methyl sites for hydroxylation is 1. The van der Waals surface area contributed by atoms with Gasteiger partial charge in [0.2, 0.25) is 0 Å². The standard InChI is InChI=1S/C13H18O4S/c1-9-4-5-11(8-12(9)13(14)15)18(16)10(2)6-7-17-3/h4-5,8,10H,6-7H2,1-3H3,(H,14,15). The molecule has 100 valence electrons. The molecule has 0 aliphatic carbocycles. The first kappa shape index (κ1) is 14.9. The smallest absolute Gasteiger partial charge is 0.335 e. The number of methoxy groups -OCH3 is 1. The molecule has 5 heteroatoms. The number of carbonyl (C=O) groups is 1. The molecule has 0 saturated heterocycles. The summed E-state index contributed by atoms with van der Waals surface area (Å²) in [6.45, 7) is 4.14. The molecule has 0 aliphatic heterocycles. The number of benzene rings is 1. The van der Waals surface area contributed by atoms with Crippen LogP contribution in [0.2, 0.25) is 0 Å². The van der Waals surface area contributed by atoms with E-state index in [1.807, 2.05) is 6.92 Å². The van der Waals surface area contributed by atoms with E-state index in [0.717, 1.165) is 0 Å². The molecule has 1 aromatic carbocycles. The van der Waals surface area contributed by atoms with Crippen LogP contribution in [0.1, 0.15) is 29.3 Å². The summed E-state index contributed by atoms with van der Waals surface area (Å²) in [5, 5.41) is 8.97. The predicted molar refractivity (Wildman–Crippen MR) is 70.5 cm³/mol. The lowest BCUT2D eigenvalue weighted by molar-refractivity contribution is 0.0696. The molecule has 0 bridgehead atoms. The lowest BCUT2D eigenvalue weighted by Crippen LogP contribution is -2.14. The molecule has 0 fully saturated rings. The molecule has 0 heterocycles. The summed E-state index contributed by atoms with van der Waals surface area (Å²) in [6, 6.07) is 4.91. The third kappa shape index (κ3) is 3.65. The average Bonchev–Trinajstić information content (AvgIpc) is 2.35. The normalized spacial score (nSPS) is 14.2. The minimum atomic E-state index is -1.21. The molecule has 0 aromatic heterocycles. The molecule has 2 unspecified atom stereocenters. The van der Waals surface area contributed by atoms with E-state index in [1.54, 1.807) is 26.2 Å². The highest BCUT2D eigenvalue weighted by Crippen LogP contribution is 2.18. The monoisotopic (exact) mass is 270 g/mol. The van der Waals surface area contributed by atoms with E-state index in [9.17, 15) is 9.00 Å². The zero-order valence-electron chi connectivity index (χ0n) is 10.8. The first-order valence-corrected chi connectivity index (χ1v) is 6.92. The fraction of sp³-hybridized carbons (Fsp3) is 0.462. The van der Waals surface area contributed by atoms with Crippen LogP contribution in [0.4, 0.5) is 0 Å². The van der Waals surface area contributed by atoms with Crippen LogP contribution in [0.25, 0.3) is 0 Å².